The monoisotopic (exact) mass is 197 g/mol. The molecule has 1 aliphatic heterocycles. The van der Waals surface area contributed by atoms with Crippen molar-refractivity contribution in [2.45, 2.75) is 6.04 Å². The molecule has 0 unspecified atom stereocenters. The number of rotatable bonds is 5. The van der Waals surface area contributed by atoms with Crippen molar-refractivity contribution in [3.63, 3.8) is 0 Å². The van der Waals surface area contributed by atoms with E-state index in [9.17, 15) is 10.1 Å². The van der Waals surface area contributed by atoms with E-state index in [2.05, 4.69) is 13.2 Å². The van der Waals surface area contributed by atoms with Crippen molar-refractivity contribution in [2.75, 3.05) is 26.2 Å². The first-order valence-corrected chi connectivity index (χ1v) is 4.54. The number of nitrogens with zero attached hydrogens (tertiary/aromatic N) is 3. The standard InChI is InChI=1S/C9H15N3O2/c1-3-5-10-7-9(12(13)14)8-11(10)6-4-2/h3-4,9H,1-2,5-8H2. The van der Waals surface area contributed by atoms with Crippen LogP contribution in [-0.4, -0.2) is 47.2 Å². The Balaban J connectivity index is 2.58. The zero-order chi connectivity index (χ0) is 10.6. The summed E-state index contributed by atoms with van der Waals surface area (Å²) in [7, 11) is 0. The Morgan fingerprint density at radius 3 is 2.00 bits per heavy atom. The molecule has 1 saturated heterocycles. The summed E-state index contributed by atoms with van der Waals surface area (Å²) in [5.74, 6) is 0. The third kappa shape index (κ3) is 2.40. The fourth-order valence-corrected chi connectivity index (χ4v) is 1.59. The molecule has 0 aromatic rings. The van der Waals surface area contributed by atoms with Gasteiger partial charge >= 0.3 is 0 Å². The summed E-state index contributed by atoms with van der Waals surface area (Å²) < 4.78 is 0. The lowest BCUT2D eigenvalue weighted by Crippen LogP contribution is -2.36. The number of hydrogen-bond acceptors (Lipinski definition) is 4. The zero-order valence-corrected chi connectivity index (χ0v) is 8.13. The molecule has 0 amide bonds. The van der Waals surface area contributed by atoms with Crippen LogP contribution in [0.3, 0.4) is 0 Å². The average Bonchev–Trinajstić information content (AvgIpc) is 2.50. The van der Waals surface area contributed by atoms with Crippen molar-refractivity contribution < 1.29 is 4.92 Å². The molecule has 1 fully saturated rings. The molecule has 1 aliphatic rings. The highest BCUT2D eigenvalue weighted by Crippen LogP contribution is 2.12. The first kappa shape index (κ1) is 10.9. The molecule has 1 rings (SSSR count). The molecule has 0 atom stereocenters. The van der Waals surface area contributed by atoms with Gasteiger partial charge < -0.3 is 0 Å². The van der Waals surface area contributed by atoms with Crippen LogP contribution < -0.4 is 0 Å². The van der Waals surface area contributed by atoms with Crippen LogP contribution in [0.4, 0.5) is 0 Å². The minimum atomic E-state index is -0.491. The van der Waals surface area contributed by atoms with E-state index in [4.69, 9.17) is 0 Å². The van der Waals surface area contributed by atoms with Gasteiger partial charge in [-0.3, -0.25) is 10.1 Å². The van der Waals surface area contributed by atoms with Gasteiger partial charge in [-0.05, 0) is 0 Å². The van der Waals surface area contributed by atoms with Gasteiger partial charge in [0.1, 0.15) is 0 Å². The molecule has 5 nitrogen and oxygen atoms in total. The van der Waals surface area contributed by atoms with E-state index in [1.165, 1.54) is 0 Å². The van der Waals surface area contributed by atoms with E-state index in [1.807, 2.05) is 10.0 Å². The quantitative estimate of drug-likeness (QED) is 0.366. The Bertz CT molecular complexity index is 224. The third-order valence-corrected chi connectivity index (χ3v) is 2.22. The molecule has 1 heterocycles. The molecule has 0 bridgehead atoms. The lowest BCUT2D eigenvalue weighted by atomic mass is 10.3. The van der Waals surface area contributed by atoms with Crippen molar-refractivity contribution >= 4 is 0 Å². The summed E-state index contributed by atoms with van der Waals surface area (Å²) in [4.78, 5) is 10.4. The Morgan fingerprint density at radius 2 is 1.71 bits per heavy atom. The highest BCUT2D eigenvalue weighted by atomic mass is 16.6. The van der Waals surface area contributed by atoms with Gasteiger partial charge in [0.2, 0.25) is 6.04 Å². The van der Waals surface area contributed by atoms with E-state index < -0.39 is 6.04 Å². The van der Waals surface area contributed by atoms with Crippen LogP contribution in [0.5, 0.6) is 0 Å². The Labute approximate surface area is 83.4 Å². The topological polar surface area (TPSA) is 49.6 Å². The van der Waals surface area contributed by atoms with Crippen molar-refractivity contribution in [1.82, 2.24) is 10.0 Å². The lowest BCUT2D eigenvalue weighted by Gasteiger charge is -2.23. The lowest BCUT2D eigenvalue weighted by molar-refractivity contribution is -0.515. The maximum absolute atomic E-state index is 10.6. The molecular formula is C9H15N3O2. The van der Waals surface area contributed by atoms with E-state index >= 15 is 0 Å². The van der Waals surface area contributed by atoms with Crippen LogP contribution in [0, 0.1) is 10.1 Å². The van der Waals surface area contributed by atoms with E-state index in [0.29, 0.717) is 26.2 Å². The van der Waals surface area contributed by atoms with Crippen molar-refractivity contribution in [2.24, 2.45) is 0 Å². The fraction of sp³-hybridized carbons (Fsp3) is 0.556. The molecule has 78 valence electrons. The van der Waals surface area contributed by atoms with Gasteiger partial charge in [-0.2, -0.15) is 0 Å². The first-order chi connectivity index (χ1) is 6.69. The van der Waals surface area contributed by atoms with Crippen LogP contribution in [0.25, 0.3) is 0 Å². The molecule has 0 N–H and O–H groups in total. The number of hydrazine groups is 1. The molecule has 0 aliphatic carbocycles. The largest absolute Gasteiger partial charge is 0.264 e. The normalized spacial score (nSPS) is 19.7. The Hall–Kier alpha value is -1.20. The highest BCUT2D eigenvalue weighted by Gasteiger charge is 2.35. The zero-order valence-electron chi connectivity index (χ0n) is 8.13. The SMILES string of the molecule is C=CCN1CC([N+](=O)[O-])CN1CC=C. The summed E-state index contributed by atoms with van der Waals surface area (Å²) in [6.07, 6.45) is 3.50. The van der Waals surface area contributed by atoms with Gasteiger partial charge in [0, 0.05) is 18.0 Å². The molecule has 0 radical (unpaired) electrons. The molecule has 5 heteroatoms. The molecule has 0 aromatic carbocycles. The molecule has 0 aromatic heterocycles. The van der Waals surface area contributed by atoms with E-state index in [-0.39, 0.29) is 4.92 Å². The second kappa shape index (κ2) is 4.88. The predicted molar refractivity (Wildman–Crippen MR) is 54.3 cm³/mol. The van der Waals surface area contributed by atoms with Crippen LogP contribution in [0.15, 0.2) is 25.3 Å². The summed E-state index contributed by atoms with van der Waals surface area (Å²) in [5, 5.41) is 14.5. The smallest absolute Gasteiger partial charge is 0.240 e. The van der Waals surface area contributed by atoms with Gasteiger partial charge in [0.25, 0.3) is 0 Å². The van der Waals surface area contributed by atoms with Gasteiger partial charge in [0.05, 0.1) is 13.1 Å². The Morgan fingerprint density at radius 1 is 1.29 bits per heavy atom. The highest BCUT2D eigenvalue weighted by molar-refractivity contribution is 4.84. The second-order valence-corrected chi connectivity index (χ2v) is 3.26. The number of nitro groups is 1. The van der Waals surface area contributed by atoms with Crippen molar-refractivity contribution in [1.29, 1.82) is 0 Å². The summed E-state index contributed by atoms with van der Waals surface area (Å²) in [5.41, 5.74) is 0. The fourth-order valence-electron chi connectivity index (χ4n) is 1.59. The van der Waals surface area contributed by atoms with Gasteiger partial charge in [-0.15, -0.1) is 13.2 Å². The van der Waals surface area contributed by atoms with Crippen LogP contribution in [0.2, 0.25) is 0 Å². The summed E-state index contributed by atoms with van der Waals surface area (Å²) >= 11 is 0. The van der Waals surface area contributed by atoms with Crippen LogP contribution in [0.1, 0.15) is 0 Å². The number of hydrogen-bond donors (Lipinski definition) is 0. The van der Waals surface area contributed by atoms with Gasteiger partial charge in [0.15, 0.2) is 0 Å². The van der Waals surface area contributed by atoms with Gasteiger partial charge in [-0.1, -0.05) is 12.2 Å². The Kier molecular flexibility index (Phi) is 3.79. The average molecular weight is 197 g/mol. The maximum atomic E-state index is 10.6. The van der Waals surface area contributed by atoms with E-state index in [0.717, 1.165) is 0 Å². The third-order valence-electron chi connectivity index (χ3n) is 2.22. The minimum absolute atomic E-state index is 0.223. The van der Waals surface area contributed by atoms with Crippen molar-refractivity contribution in [3.8, 4) is 0 Å². The molecule has 14 heavy (non-hydrogen) atoms. The summed E-state index contributed by atoms with van der Waals surface area (Å²) in [6, 6.07) is -0.491. The van der Waals surface area contributed by atoms with Gasteiger partial charge in [-0.25, -0.2) is 10.0 Å². The second-order valence-electron chi connectivity index (χ2n) is 3.26. The predicted octanol–water partition coefficient (Wildman–Crippen LogP) is 0.536. The molecule has 0 spiro atoms. The maximum Gasteiger partial charge on any atom is 0.240 e. The van der Waals surface area contributed by atoms with Crippen LogP contribution in [-0.2, 0) is 0 Å². The molecular weight excluding hydrogens is 182 g/mol. The first-order valence-electron chi connectivity index (χ1n) is 4.54. The molecule has 0 saturated carbocycles. The van der Waals surface area contributed by atoms with Crippen LogP contribution >= 0.6 is 0 Å². The van der Waals surface area contributed by atoms with Crippen molar-refractivity contribution in [3.05, 3.63) is 35.4 Å². The summed E-state index contributed by atoms with van der Waals surface area (Å²) in [6.45, 7) is 9.48. The van der Waals surface area contributed by atoms with E-state index in [1.54, 1.807) is 12.2 Å². The minimum Gasteiger partial charge on any atom is -0.264 e.